The van der Waals surface area contributed by atoms with E-state index in [0.717, 1.165) is 12.1 Å². The third kappa shape index (κ3) is 6.65. The second-order valence-corrected chi connectivity index (χ2v) is 9.73. The van der Waals surface area contributed by atoms with Gasteiger partial charge in [0.05, 0.1) is 24.3 Å². The third-order valence-corrected chi connectivity index (χ3v) is 6.24. The number of alkyl halides is 3. The summed E-state index contributed by atoms with van der Waals surface area (Å²) in [7, 11) is -4.01. The van der Waals surface area contributed by atoms with E-state index in [1.165, 1.54) is 35.5 Å². The smallest absolute Gasteiger partial charge is 0.367 e. The van der Waals surface area contributed by atoms with Crippen LogP contribution in [0.3, 0.4) is 0 Å². The SMILES string of the molecule is NS(=O)(=O)OC[C@@H]1CC[C@H](Nc2ncncc2C(=O)c2ccn(Cc3cccc(C(F)(F)F)c3)n2)C1. The fraction of sp³-hybridized carbons (Fsp3) is 0.364. The number of halogens is 3. The van der Waals surface area contributed by atoms with Crippen molar-refractivity contribution in [3.63, 3.8) is 0 Å². The molecule has 1 aliphatic rings. The number of nitrogens with one attached hydrogen (secondary N) is 1. The Hall–Kier alpha value is -3.36. The lowest BCUT2D eigenvalue weighted by Gasteiger charge is -2.15. The van der Waals surface area contributed by atoms with E-state index in [0.29, 0.717) is 30.6 Å². The van der Waals surface area contributed by atoms with Gasteiger partial charge in [-0.05, 0) is 48.9 Å². The molecule has 0 saturated heterocycles. The van der Waals surface area contributed by atoms with Gasteiger partial charge in [0.2, 0.25) is 5.78 Å². The molecule has 3 N–H and O–H groups in total. The minimum absolute atomic E-state index is 0.0180. The number of aromatic nitrogens is 4. The molecule has 0 bridgehead atoms. The number of ketones is 1. The van der Waals surface area contributed by atoms with Crippen LogP contribution in [0, 0.1) is 5.92 Å². The molecule has 4 rings (SSSR count). The molecule has 10 nitrogen and oxygen atoms in total. The molecular weight excluding hydrogens is 501 g/mol. The fourth-order valence-corrected chi connectivity index (χ4v) is 4.48. The molecule has 1 aromatic carbocycles. The molecular formula is C22H23F3N6O4S. The number of carbonyl (C=O) groups is 1. The van der Waals surface area contributed by atoms with Crippen LogP contribution in [0.4, 0.5) is 19.0 Å². The van der Waals surface area contributed by atoms with Crippen molar-refractivity contribution < 1.29 is 30.6 Å². The number of nitrogens with zero attached hydrogens (tertiary/aromatic N) is 4. The quantitative estimate of drug-likeness (QED) is 0.407. The molecule has 1 saturated carbocycles. The molecule has 2 aromatic heterocycles. The number of anilines is 1. The summed E-state index contributed by atoms with van der Waals surface area (Å²) >= 11 is 0. The Morgan fingerprint density at radius 2 is 2.06 bits per heavy atom. The second kappa shape index (κ2) is 10.3. The number of carbonyl (C=O) groups excluding carboxylic acids is 1. The van der Waals surface area contributed by atoms with Gasteiger partial charge in [0, 0.05) is 18.4 Å². The van der Waals surface area contributed by atoms with Gasteiger partial charge in [0.25, 0.3) is 0 Å². The van der Waals surface area contributed by atoms with Crippen LogP contribution >= 0.6 is 0 Å². The van der Waals surface area contributed by atoms with Crippen molar-refractivity contribution in [3.8, 4) is 0 Å². The number of hydrogen-bond acceptors (Lipinski definition) is 8. The zero-order valence-corrected chi connectivity index (χ0v) is 19.7. The van der Waals surface area contributed by atoms with Gasteiger partial charge in [-0.2, -0.15) is 26.7 Å². The van der Waals surface area contributed by atoms with Gasteiger partial charge in [-0.25, -0.2) is 15.1 Å². The standard InChI is InChI=1S/C22H23F3N6O4S/c23-22(24,25)16-3-1-2-14(8-16)11-31-7-6-19(30-31)20(32)18-10-27-13-28-21(18)29-17-5-4-15(9-17)12-35-36(26,33)34/h1-3,6-8,10,13,15,17H,4-5,9,11-12H2,(H2,26,33,34)(H,27,28,29)/t15-,17+/m1/s1. The van der Waals surface area contributed by atoms with Crippen molar-refractivity contribution >= 4 is 21.9 Å². The zero-order chi connectivity index (χ0) is 25.9. The number of nitrogens with two attached hydrogens (primary N) is 1. The third-order valence-electron chi connectivity index (χ3n) is 5.78. The molecule has 36 heavy (non-hydrogen) atoms. The summed E-state index contributed by atoms with van der Waals surface area (Å²) < 4.78 is 67.0. The van der Waals surface area contributed by atoms with Gasteiger partial charge in [0.15, 0.2) is 0 Å². The first-order chi connectivity index (χ1) is 17.0. The monoisotopic (exact) mass is 524 g/mol. The highest BCUT2D eigenvalue weighted by Gasteiger charge is 2.30. The van der Waals surface area contributed by atoms with Crippen LogP contribution in [-0.2, 0) is 27.2 Å². The number of hydrogen-bond donors (Lipinski definition) is 2. The molecule has 1 aliphatic carbocycles. The van der Waals surface area contributed by atoms with Gasteiger partial charge >= 0.3 is 16.5 Å². The van der Waals surface area contributed by atoms with Gasteiger partial charge in [0.1, 0.15) is 17.8 Å². The van der Waals surface area contributed by atoms with Gasteiger partial charge < -0.3 is 5.32 Å². The summed E-state index contributed by atoms with van der Waals surface area (Å²) in [6.07, 6.45) is 1.73. The Morgan fingerprint density at radius 1 is 1.25 bits per heavy atom. The number of benzene rings is 1. The lowest BCUT2D eigenvalue weighted by Crippen LogP contribution is -2.22. The maximum Gasteiger partial charge on any atom is 0.416 e. The van der Waals surface area contributed by atoms with Crippen molar-refractivity contribution in [1.82, 2.24) is 19.7 Å². The van der Waals surface area contributed by atoms with Gasteiger partial charge in [-0.3, -0.25) is 13.7 Å². The predicted octanol–water partition coefficient (Wildman–Crippen LogP) is 2.77. The lowest BCUT2D eigenvalue weighted by atomic mass is 10.1. The Labute approximate surface area is 205 Å². The summed E-state index contributed by atoms with van der Waals surface area (Å²) in [5, 5.41) is 12.3. The Balaban J connectivity index is 1.43. The molecule has 1 fully saturated rings. The summed E-state index contributed by atoms with van der Waals surface area (Å²) in [5.74, 6) is -0.165. The van der Waals surface area contributed by atoms with Crippen LogP contribution in [0.2, 0.25) is 0 Å². The maximum absolute atomic E-state index is 13.1. The zero-order valence-electron chi connectivity index (χ0n) is 18.9. The van der Waals surface area contributed by atoms with Crippen LogP contribution < -0.4 is 10.5 Å². The van der Waals surface area contributed by atoms with E-state index in [-0.39, 0.29) is 36.4 Å². The van der Waals surface area contributed by atoms with Crippen molar-refractivity contribution in [2.45, 2.75) is 38.0 Å². The Morgan fingerprint density at radius 3 is 2.81 bits per heavy atom. The predicted molar refractivity (Wildman–Crippen MR) is 122 cm³/mol. The lowest BCUT2D eigenvalue weighted by molar-refractivity contribution is -0.137. The fourth-order valence-electron chi connectivity index (χ4n) is 4.09. The average Bonchev–Trinajstić information content (AvgIpc) is 3.46. The van der Waals surface area contributed by atoms with E-state index >= 15 is 0 Å². The molecule has 2 atom stereocenters. The molecule has 3 aromatic rings. The Kier molecular flexibility index (Phi) is 7.38. The minimum Gasteiger partial charge on any atom is -0.367 e. The molecule has 0 spiro atoms. The molecule has 2 heterocycles. The summed E-state index contributed by atoms with van der Waals surface area (Å²) in [6.45, 7) is 0.0353. The minimum atomic E-state index is -4.45. The van der Waals surface area contributed by atoms with E-state index in [1.807, 2.05) is 0 Å². The highest BCUT2D eigenvalue weighted by molar-refractivity contribution is 7.84. The van der Waals surface area contributed by atoms with E-state index < -0.39 is 27.8 Å². The topological polar surface area (TPSA) is 142 Å². The first-order valence-electron chi connectivity index (χ1n) is 11.0. The second-order valence-electron chi connectivity index (χ2n) is 8.51. The summed E-state index contributed by atoms with van der Waals surface area (Å²) in [5.41, 5.74) is -0.0952. The largest absolute Gasteiger partial charge is 0.416 e. The summed E-state index contributed by atoms with van der Waals surface area (Å²) in [6, 6.07) is 6.31. The van der Waals surface area contributed by atoms with Crippen LogP contribution in [-0.4, -0.2) is 46.6 Å². The van der Waals surface area contributed by atoms with Crippen LogP contribution in [0.25, 0.3) is 0 Å². The van der Waals surface area contributed by atoms with E-state index in [2.05, 4.69) is 24.6 Å². The van der Waals surface area contributed by atoms with Crippen LogP contribution in [0.5, 0.6) is 0 Å². The van der Waals surface area contributed by atoms with Crippen LogP contribution in [0.1, 0.15) is 46.4 Å². The van der Waals surface area contributed by atoms with Gasteiger partial charge in [-0.15, -0.1) is 0 Å². The molecule has 14 heteroatoms. The molecule has 0 radical (unpaired) electrons. The van der Waals surface area contributed by atoms with Gasteiger partial charge in [-0.1, -0.05) is 12.1 Å². The highest BCUT2D eigenvalue weighted by atomic mass is 32.2. The first-order valence-corrected chi connectivity index (χ1v) is 12.4. The molecule has 192 valence electrons. The molecule has 0 amide bonds. The number of rotatable bonds is 9. The van der Waals surface area contributed by atoms with Crippen molar-refractivity contribution in [2.75, 3.05) is 11.9 Å². The van der Waals surface area contributed by atoms with E-state index in [1.54, 1.807) is 6.07 Å². The van der Waals surface area contributed by atoms with Crippen molar-refractivity contribution in [1.29, 1.82) is 0 Å². The maximum atomic E-state index is 13.1. The highest BCUT2D eigenvalue weighted by Crippen LogP contribution is 2.30. The van der Waals surface area contributed by atoms with Crippen molar-refractivity contribution in [2.24, 2.45) is 11.1 Å². The first kappa shape index (κ1) is 25.7. The van der Waals surface area contributed by atoms with E-state index in [4.69, 9.17) is 5.14 Å². The average molecular weight is 525 g/mol. The molecule has 0 unspecified atom stereocenters. The Bertz CT molecular complexity index is 1350. The normalized spacial score (nSPS) is 18.3. The van der Waals surface area contributed by atoms with Crippen LogP contribution in [0.15, 0.2) is 49.1 Å². The van der Waals surface area contributed by atoms with E-state index in [9.17, 15) is 26.4 Å². The molecule has 0 aliphatic heterocycles. The van der Waals surface area contributed by atoms with Crippen molar-refractivity contribution in [3.05, 3.63) is 71.4 Å². The summed E-state index contributed by atoms with van der Waals surface area (Å²) in [4.78, 5) is 21.2.